The molecule has 0 spiro atoms. The lowest BCUT2D eigenvalue weighted by molar-refractivity contribution is -0.114. The van der Waals surface area contributed by atoms with Gasteiger partial charge in [-0.2, -0.15) is 5.10 Å². The van der Waals surface area contributed by atoms with Crippen LogP contribution in [0.15, 0.2) is 47.6 Å². The summed E-state index contributed by atoms with van der Waals surface area (Å²) in [6, 6.07) is 12.7. The van der Waals surface area contributed by atoms with E-state index in [2.05, 4.69) is 15.6 Å². The van der Waals surface area contributed by atoms with Crippen LogP contribution in [0.5, 0.6) is 0 Å². The number of nitrogens with one attached hydrogen (secondary N) is 2. The van der Waals surface area contributed by atoms with Crippen molar-refractivity contribution in [3.05, 3.63) is 64.2 Å². The van der Waals surface area contributed by atoms with E-state index >= 15 is 0 Å². The molecule has 2 N–H and O–H groups in total. The van der Waals surface area contributed by atoms with Crippen molar-refractivity contribution in [2.75, 3.05) is 5.32 Å². The predicted octanol–water partition coefficient (Wildman–Crippen LogP) is 3.99. The highest BCUT2D eigenvalue weighted by Gasteiger charge is 2.25. The first-order valence-corrected chi connectivity index (χ1v) is 8.57. The van der Waals surface area contributed by atoms with Gasteiger partial charge < -0.3 is 10.7 Å². The fraction of sp³-hybridized carbons (Fsp3) is 0.150. The Hall–Kier alpha value is -3.61. The summed E-state index contributed by atoms with van der Waals surface area (Å²) in [6.07, 6.45) is 2.91. The zero-order valence-electron chi connectivity index (χ0n) is 14.7. The number of anilines is 1. The van der Waals surface area contributed by atoms with Crippen LogP contribution in [-0.4, -0.2) is 21.9 Å². The van der Waals surface area contributed by atoms with E-state index in [-0.39, 0.29) is 5.91 Å². The molecule has 0 saturated carbocycles. The Bertz CT molecular complexity index is 1070. The van der Waals surface area contributed by atoms with E-state index in [4.69, 9.17) is 5.41 Å². The zero-order valence-corrected chi connectivity index (χ0v) is 14.7. The highest BCUT2D eigenvalue weighted by atomic mass is 16.3. The molecular weight excluding hydrogens is 342 g/mol. The molecule has 7 heteroatoms. The molecule has 134 valence electrons. The van der Waals surface area contributed by atoms with Gasteiger partial charge in [-0.05, 0) is 60.0 Å². The van der Waals surface area contributed by atoms with Gasteiger partial charge in [0.25, 0.3) is 0 Å². The first-order chi connectivity index (χ1) is 13.1. The Morgan fingerprint density at radius 3 is 2.67 bits per heavy atom. The molecule has 1 amide bonds. The van der Waals surface area contributed by atoms with Gasteiger partial charge in [0.15, 0.2) is 0 Å². The number of nitrogens with zero attached hydrogens (tertiary/aromatic N) is 3. The Morgan fingerprint density at radius 2 is 2.00 bits per heavy atom. The third kappa shape index (κ3) is 2.93. The van der Waals surface area contributed by atoms with Crippen molar-refractivity contribution in [2.45, 2.75) is 19.8 Å². The number of nitroso groups, excluding NO2 is 1. The van der Waals surface area contributed by atoms with E-state index in [1.165, 1.54) is 18.7 Å². The molecule has 0 atom stereocenters. The van der Waals surface area contributed by atoms with Crippen molar-refractivity contribution in [1.82, 2.24) is 9.78 Å². The predicted molar refractivity (Wildman–Crippen MR) is 104 cm³/mol. The van der Waals surface area contributed by atoms with Gasteiger partial charge in [0.1, 0.15) is 11.4 Å². The van der Waals surface area contributed by atoms with Gasteiger partial charge in [-0.3, -0.25) is 4.79 Å². The number of benzene rings is 2. The number of hydrogen-bond donors (Lipinski definition) is 2. The molecule has 4 rings (SSSR count). The lowest BCUT2D eigenvalue weighted by Crippen LogP contribution is -2.10. The molecule has 7 nitrogen and oxygen atoms in total. The van der Waals surface area contributed by atoms with Gasteiger partial charge in [0.05, 0.1) is 11.4 Å². The van der Waals surface area contributed by atoms with E-state index in [0.717, 1.165) is 41.0 Å². The standard InChI is InChI=1S/C20H17N5O2/c1-12(26)22-15-4-2-13-3-9-17-19(11-21)23-25(20(17)18(13)10-15)16-7-5-14(24-27)6-8-16/h2,4-8,10-11,21H,3,9H2,1H3,(H,22,26). The van der Waals surface area contributed by atoms with Gasteiger partial charge >= 0.3 is 0 Å². The molecule has 1 aliphatic carbocycles. The lowest BCUT2D eigenvalue weighted by Gasteiger charge is -2.20. The maximum atomic E-state index is 11.4. The average molecular weight is 359 g/mol. The molecule has 1 aliphatic rings. The van der Waals surface area contributed by atoms with Crippen LogP contribution in [0.3, 0.4) is 0 Å². The molecule has 3 aromatic rings. The quantitative estimate of drug-likeness (QED) is 0.544. The van der Waals surface area contributed by atoms with Crippen LogP contribution in [0.2, 0.25) is 0 Å². The number of hydrogen-bond acceptors (Lipinski definition) is 5. The Kier molecular flexibility index (Phi) is 4.12. The summed E-state index contributed by atoms with van der Waals surface area (Å²) in [5.41, 5.74) is 6.55. The van der Waals surface area contributed by atoms with Crippen LogP contribution in [0.25, 0.3) is 16.9 Å². The smallest absolute Gasteiger partial charge is 0.221 e. The van der Waals surface area contributed by atoms with Gasteiger partial charge in [-0.1, -0.05) is 6.07 Å². The molecule has 0 radical (unpaired) electrons. The minimum Gasteiger partial charge on any atom is -0.326 e. The molecule has 0 saturated heterocycles. The minimum absolute atomic E-state index is 0.128. The molecule has 0 unspecified atom stereocenters. The number of rotatable bonds is 4. The van der Waals surface area contributed by atoms with E-state index in [1.807, 2.05) is 18.2 Å². The number of aryl methyl sites for hydroxylation is 1. The highest BCUT2D eigenvalue weighted by molar-refractivity contribution is 5.91. The molecule has 2 aromatic carbocycles. The fourth-order valence-corrected chi connectivity index (χ4v) is 3.50. The largest absolute Gasteiger partial charge is 0.326 e. The number of amides is 1. The summed E-state index contributed by atoms with van der Waals surface area (Å²) in [5, 5.41) is 18.1. The van der Waals surface area contributed by atoms with Gasteiger partial charge in [0.2, 0.25) is 5.91 Å². The second-order valence-electron chi connectivity index (χ2n) is 6.43. The van der Waals surface area contributed by atoms with Crippen molar-refractivity contribution < 1.29 is 4.79 Å². The summed E-state index contributed by atoms with van der Waals surface area (Å²) in [6.45, 7) is 1.48. The third-order valence-corrected chi connectivity index (χ3v) is 4.68. The summed E-state index contributed by atoms with van der Waals surface area (Å²) in [4.78, 5) is 22.1. The van der Waals surface area contributed by atoms with Crippen molar-refractivity contribution >= 4 is 23.5 Å². The van der Waals surface area contributed by atoms with Gasteiger partial charge in [-0.25, -0.2) is 4.68 Å². The van der Waals surface area contributed by atoms with Crippen LogP contribution in [0.1, 0.15) is 23.7 Å². The monoisotopic (exact) mass is 359 g/mol. The van der Waals surface area contributed by atoms with Gasteiger partial charge in [-0.15, -0.1) is 4.91 Å². The van der Waals surface area contributed by atoms with E-state index < -0.39 is 0 Å². The lowest BCUT2D eigenvalue weighted by atomic mass is 9.88. The number of aromatic nitrogens is 2. The molecule has 0 aliphatic heterocycles. The van der Waals surface area contributed by atoms with E-state index in [1.54, 1.807) is 28.9 Å². The summed E-state index contributed by atoms with van der Waals surface area (Å²) < 4.78 is 1.79. The Balaban J connectivity index is 1.92. The number of fused-ring (bicyclic) bond motifs is 3. The van der Waals surface area contributed by atoms with Crippen LogP contribution in [0.4, 0.5) is 11.4 Å². The van der Waals surface area contributed by atoms with E-state index in [9.17, 15) is 9.70 Å². The molecule has 27 heavy (non-hydrogen) atoms. The summed E-state index contributed by atoms with van der Waals surface area (Å²) >= 11 is 0. The van der Waals surface area contributed by atoms with Crippen molar-refractivity contribution in [3.63, 3.8) is 0 Å². The van der Waals surface area contributed by atoms with Crippen molar-refractivity contribution in [3.8, 4) is 16.9 Å². The van der Waals surface area contributed by atoms with Crippen LogP contribution >= 0.6 is 0 Å². The van der Waals surface area contributed by atoms with Crippen molar-refractivity contribution in [1.29, 1.82) is 5.41 Å². The maximum Gasteiger partial charge on any atom is 0.221 e. The summed E-state index contributed by atoms with van der Waals surface area (Å²) in [5.74, 6) is -0.128. The fourth-order valence-electron chi connectivity index (χ4n) is 3.50. The number of carbonyl (C=O) groups excluding carboxylic acids is 1. The molecule has 1 aromatic heterocycles. The Labute approximate surface area is 155 Å². The highest BCUT2D eigenvalue weighted by Crippen LogP contribution is 2.38. The second kappa shape index (κ2) is 6.60. The third-order valence-electron chi connectivity index (χ3n) is 4.68. The maximum absolute atomic E-state index is 11.4. The summed E-state index contributed by atoms with van der Waals surface area (Å²) in [7, 11) is 0. The minimum atomic E-state index is -0.128. The first-order valence-electron chi connectivity index (χ1n) is 8.57. The SMILES string of the molecule is CC(=O)Nc1ccc2c(c1)-c1c(c(C=N)nn1-c1ccc(N=O)cc1)CC2. The molecular formula is C20H17N5O2. The zero-order chi connectivity index (χ0) is 19.0. The molecule has 1 heterocycles. The van der Waals surface area contributed by atoms with Crippen molar-refractivity contribution in [2.24, 2.45) is 5.18 Å². The second-order valence-corrected chi connectivity index (χ2v) is 6.43. The van der Waals surface area contributed by atoms with Crippen LogP contribution in [-0.2, 0) is 17.6 Å². The Morgan fingerprint density at radius 1 is 1.22 bits per heavy atom. The molecule has 0 fully saturated rings. The average Bonchev–Trinajstić information content (AvgIpc) is 3.07. The first kappa shape index (κ1) is 16.8. The van der Waals surface area contributed by atoms with Crippen LogP contribution in [0, 0.1) is 10.3 Å². The number of carbonyl (C=O) groups is 1. The normalized spacial score (nSPS) is 12.0. The topological polar surface area (TPSA) is 100 Å². The molecule has 0 bridgehead atoms. The van der Waals surface area contributed by atoms with Gasteiger partial charge in [0, 0.05) is 30.0 Å². The van der Waals surface area contributed by atoms with Crippen LogP contribution < -0.4 is 5.32 Å². The van der Waals surface area contributed by atoms with E-state index in [0.29, 0.717) is 11.4 Å².